The van der Waals surface area contributed by atoms with Crippen molar-refractivity contribution in [2.24, 2.45) is 5.92 Å². The minimum absolute atomic E-state index is 0.0352. The number of benzene rings is 1. The van der Waals surface area contributed by atoms with E-state index in [0.29, 0.717) is 17.1 Å². The normalized spacial score (nSPS) is 12.3. The molecule has 1 aromatic heterocycles. The van der Waals surface area contributed by atoms with Crippen LogP contribution in [0.25, 0.3) is 11.3 Å². The number of carbonyl (C=O) groups is 1. The largest absolute Gasteiger partial charge is 0.480 e. The molecule has 2 rings (SSSR count). The highest BCUT2D eigenvalue weighted by Gasteiger charge is 2.21. The van der Waals surface area contributed by atoms with Crippen molar-refractivity contribution >= 4 is 11.7 Å². The second kappa shape index (κ2) is 7.06. The van der Waals surface area contributed by atoms with Crippen LogP contribution in [0.2, 0.25) is 0 Å². The van der Waals surface area contributed by atoms with Gasteiger partial charge in [-0.2, -0.15) is 0 Å². The van der Waals surface area contributed by atoms with E-state index in [2.05, 4.69) is 5.32 Å². The smallest absolute Gasteiger partial charge is 0.320 e. The summed E-state index contributed by atoms with van der Waals surface area (Å²) < 4.78 is 5.61. The summed E-state index contributed by atoms with van der Waals surface area (Å²) in [6.07, 6.45) is 0. The van der Waals surface area contributed by atoms with Gasteiger partial charge in [0.05, 0.1) is 17.0 Å². The van der Waals surface area contributed by atoms with Crippen molar-refractivity contribution in [2.75, 3.05) is 0 Å². The Labute approximate surface area is 133 Å². The first-order chi connectivity index (χ1) is 10.9. The van der Waals surface area contributed by atoms with Crippen molar-refractivity contribution in [1.82, 2.24) is 5.32 Å². The van der Waals surface area contributed by atoms with Gasteiger partial charge in [-0.1, -0.05) is 26.0 Å². The first kappa shape index (κ1) is 16.7. The number of nitro benzene ring substituents is 1. The molecule has 0 saturated heterocycles. The molecule has 2 N–H and O–H groups in total. The third-order valence-corrected chi connectivity index (χ3v) is 3.46. The number of hydrogen-bond donors (Lipinski definition) is 2. The van der Waals surface area contributed by atoms with E-state index in [1.807, 2.05) is 13.8 Å². The topological polar surface area (TPSA) is 106 Å². The molecule has 0 aliphatic heterocycles. The van der Waals surface area contributed by atoms with Crippen LogP contribution >= 0.6 is 0 Å². The Morgan fingerprint density at radius 3 is 2.61 bits per heavy atom. The molecule has 0 aliphatic rings. The molecule has 0 aliphatic carbocycles. The van der Waals surface area contributed by atoms with Crippen LogP contribution in [0.15, 0.2) is 40.8 Å². The number of para-hydroxylation sites is 1. The van der Waals surface area contributed by atoms with Crippen molar-refractivity contribution in [2.45, 2.75) is 26.4 Å². The van der Waals surface area contributed by atoms with Gasteiger partial charge in [0.2, 0.25) is 0 Å². The van der Waals surface area contributed by atoms with Crippen molar-refractivity contribution in [3.63, 3.8) is 0 Å². The third kappa shape index (κ3) is 3.95. The van der Waals surface area contributed by atoms with Crippen molar-refractivity contribution in [3.8, 4) is 11.3 Å². The number of nitro groups is 1. The van der Waals surface area contributed by atoms with E-state index in [-0.39, 0.29) is 18.2 Å². The Hall–Kier alpha value is -2.67. The molecule has 1 aromatic carbocycles. The number of carboxylic acid groups (broad SMARTS) is 1. The van der Waals surface area contributed by atoms with E-state index < -0.39 is 16.9 Å². The second-order valence-electron chi connectivity index (χ2n) is 5.48. The molecule has 0 fully saturated rings. The van der Waals surface area contributed by atoms with Crippen molar-refractivity contribution < 1.29 is 19.2 Å². The first-order valence-corrected chi connectivity index (χ1v) is 7.19. The van der Waals surface area contributed by atoms with Crippen LogP contribution in [-0.4, -0.2) is 22.0 Å². The fraction of sp³-hybridized carbons (Fsp3) is 0.312. The molecule has 0 saturated carbocycles. The van der Waals surface area contributed by atoms with Gasteiger partial charge in [0.15, 0.2) is 0 Å². The summed E-state index contributed by atoms with van der Waals surface area (Å²) in [5.74, 6) is -0.0989. The van der Waals surface area contributed by atoms with E-state index in [9.17, 15) is 14.9 Å². The molecule has 0 bridgehead atoms. The molecule has 0 spiro atoms. The lowest BCUT2D eigenvalue weighted by atomic mass is 10.1. The summed E-state index contributed by atoms with van der Waals surface area (Å²) in [6.45, 7) is 3.86. The number of aliphatic carboxylic acids is 1. The SMILES string of the molecule is CC(C)[C@@H](NCc1ccc(-c2ccccc2[N+](=O)[O-])o1)C(=O)O. The Morgan fingerprint density at radius 1 is 1.30 bits per heavy atom. The number of nitrogens with one attached hydrogen (secondary N) is 1. The van der Waals surface area contributed by atoms with E-state index in [4.69, 9.17) is 9.52 Å². The zero-order valence-electron chi connectivity index (χ0n) is 12.9. The predicted molar refractivity (Wildman–Crippen MR) is 83.9 cm³/mol. The van der Waals surface area contributed by atoms with E-state index in [1.54, 1.807) is 30.3 Å². The molecule has 0 unspecified atom stereocenters. The molecule has 1 heterocycles. The van der Waals surface area contributed by atoms with Crippen LogP contribution in [0, 0.1) is 16.0 Å². The highest BCUT2D eigenvalue weighted by atomic mass is 16.6. The monoisotopic (exact) mass is 318 g/mol. The molecule has 122 valence electrons. The van der Waals surface area contributed by atoms with Crippen LogP contribution < -0.4 is 5.32 Å². The average molecular weight is 318 g/mol. The molecule has 0 amide bonds. The maximum Gasteiger partial charge on any atom is 0.320 e. The standard InChI is InChI=1S/C16H18N2O5/c1-10(2)15(16(19)20)17-9-11-7-8-14(23-11)12-5-3-4-6-13(12)18(21)22/h3-8,10,15,17H,9H2,1-2H3,(H,19,20)/t15-/m1/s1. The zero-order valence-corrected chi connectivity index (χ0v) is 12.9. The highest BCUT2D eigenvalue weighted by Crippen LogP contribution is 2.30. The van der Waals surface area contributed by atoms with Gasteiger partial charge in [0.1, 0.15) is 17.6 Å². The molecule has 7 heteroatoms. The lowest BCUT2D eigenvalue weighted by molar-refractivity contribution is -0.384. The molecule has 0 radical (unpaired) electrons. The Kier molecular flexibility index (Phi) is 5.13. The molecule has 23 heavy (non-hydrogen) atoms. The van der Waals surface area contributed by atoms with E-state index in [0.717, 1.165) is 0 Å². The number of hydrogen-bond acceptors (Lipinski definition) is 5. The van der Waals surface area contributed by atoms with E-state index in [1.165, 1.54) is 6.07 Å². The van der Waals surface area contributed by atoms with Crippen LogP contribution in [0.3, 0.4) is 0 Å². The zero-order chi connectivity index (χ0) is 17.0. The molecule has 1 atom stereocenters. The summed E-state index contributed by atoms with van der Waals surface area (Å²) >= 11 is 0. The van der Waals surface area contributed by atoms with Gasteiger partial charge in [0, 0.05) is 6.07 Å². The quantitative estimate of drug-likeness (QED) is 0.600. The van der Waals surface area contributed by atoms with Gasteiger partial charge in [-0.3, -0.25) is 20.2 Å². The van der Waals surface area contributed by atoms with Crippen LogP contribution in [0.5, 0.6) is 0 Å². The second-order valence-corrected chi connectivity index (χ2v) is 5.48. The molecule has 2 aromatic rings. The van der Waals surface area contributed by atoms with Gasteiger partial charge >= 0.3 is 5.97 Å². The van der Waals surface area contributed by atoms with Crippen LogP contribution in [0.1, 0.15) is 19.6 Å². The van der Waals surface area contributed by atoms with Gasteiger partial charge < -0.3 is 9.52 Å². The summed E-state index contributed by atoms with van der Waals surface area (Å²) in [5, 5.41) is 23.1. The lowest BCUT2D eigenvalue weighted by Gasteiger charge is -2.16. The fourth-order valence-electron chi connectivity index (χ4n) is 2.28. The van der Waals surface area contributed by atoms with Crippen LogP contribution in [-0.2, 0) is 11.3 Å². The Morgan fingerprint density at radius 2 is 2.00 bits per heavy atom. The predicted octanol–water partition coefficient (Wildman–Crippen LogP) is 3.05. The number of carboxylic acids is 1. The Bertz CT molecular complexity index is 708. The van der Waals surface area contributed by atoms with Crippen LogP contribution in [0.4, 0.5) is 5.69 Å². The molecular weight excluding hydrogens is 300 g/mol. The summed E-state index contributed by atoms with van der Waals surface area (Å²) in [5.41, 5.74) is 0.356. The minimum Gasteiger partial charge on any atom is -0.480 e. The number of furan rings is 1. The summed E-state index contributed by atoms with van der Waals surface area (Å²) in [4.78, 5) is 21.7. The van der Waals surface area contributed by atoms with E-state index >= 15 is 0 Å². The summed E-state index contributed by atoms with van der Waals surface area (Å²) in [6, 6.07) is 8.95. The fourth-order valence-corrected chi connectivity index (χ4v) is 2.28. The highest BCUT2D eigenvalue weighted by molar-refractivity contribution is 5.73. The summed E-state index contributed by atoms with van der Waals surface area (Å²) in [7, 11) is 0. The average Bonchev–Trinajstić information content (AvgIpc) is 2.95. The number of rotatable bonds is 7. The van der Waals surface area contributed by atoms with Crippen molar-refractivity contribution in [1.29, 1.82) is 0 Å². The number of nitrogens with zero attached hydrogens (tertiary/aromatic N) is 1. The Balaban J connectivity index is 2.16. The lowest BCUT2D eigenvalue weighted by Crippen LogP contribution is -2.40. The third-order valence-electron chi connectivity index (χ3n) is 3.46. The van der Waals surface area contributed by atoms with Crippen molar-refractivity contribution in [3.05, 3.63) is 52.3 Å². The maximum absolute atomic E-state index is 11.1. The van der Waals surface area contributed by atoms with Gasteiger partial charge in [-0.05, 0) is 24.1 Å². The first-order valence-electron chi connectivity index (χ1n) is 7.19. The maximum atomic E-state index is 11.1. The van der Waals surface area contributed by atoms with Gasteiger partial charge in [-0.25, -0.2) is 0 Å². The molecular formula is C16H18N2O5. The van der Waals surface area contributed by atoms with Gasteiger partial charge in [0.25, 0.3) is 5.69 Å². The minimum atomic E-state index is -0.925. The van der Waals surface area contributed by atoms with Gasteiger partial charge in [-0.15, -0.1) is 0 Å². The molecule has 7 nitrogen and oxygen atoms in total.